The van der Waals surface area contributed by atoms with Crippen LogP contribution in [-0.4, -0.2) is 37.7 Å². The Bertz CT molecular complexity index is 1170. The highest BCUT2D eigenvalue weighted by Crippen LogP contribution is 2.34. The van der Waals surface area contributed by atoms with Crippen LogP contribution in [0.1, 0.15) is 43.5 Å². The van der Waals surface area contributed by atoms with Crippen LogP contribution in [0.2, 0.25) is 0 Å². The van der Waals surface area contributed by atoms with Gasteiger partial charge in [-0.25, -0.2) is 9.59 Å². The van der Waals surface area contributed by atoms with Gasteiger partial charge in [0.2, 0.25) is 0 Å². The van der Waals surface area contributed by atoms with Crippen molar-refractivity contribution in [1.29, 1.82) is 0 Å². The lowest BCUT2D eigenvalue weighted by atomic mass is 9.95. The van der Waals surface area contributed by atoms with Gasteiger partial charge in [0.25, 0.3) is 5.91 Å². The van der Waals surface area contributed by atoms with Gasteiger partial charge in [-0.15, -0.1) is 0 Å². The summed E-state index contributed by atoms with van der Waals surface area (Å²) in [6, 6.07) is 9.57. The summed E-state index contributed by atoms with van der Waals surface area (Å²) in [4.78, 5) is 37.3. The molecule has 186 valence electrons. The number of amides is 3. The monoisotopic (exact) mass is 481 g/mol. The van der Waals surface area contributed by atoms with Gasteiger partial charge in [-0.3, -0.25) is 4.79 Å². The van der Waals surface area contributed by atoms with Crippen LogP contribution in [0.5, 0.6) is 11.5 Å². The van der Waals surface area contributed by atoms with Crippen molar-refractivity contribution in [2.24, 2.45) is 0 Å². The number of hydrogen-bond donors (Lipinski definition) is 3. The second-order valence-corrected chi connectivity index (χ2v) is 8.59. The Morgan fingerprint density at radius 1 is 1.06 bits per heavy atom. The number of carbonyl (C=O) groups is 3. The van der Waals surface area contributed by atoms with Crippen LogP contribution in [0.15, 0.2) is 47.7 Å². The van der Waals surface area contributed by atoms with Gasteiger partial charge in [0, 0.05) is 11.4 Å². The smallest absolute Gasteiger partial charge is 0.338 e. The fourth-order valence-corrected chi connectivity index (χ4v) is 3.76. The number of ether oxygens (including phenoxy) is 3. The van der Waals surface area contributed by atoms with Crippen LogP contribution in [0.4, 0.5) is 10.5 Å². The third kappa shape index (κ3) is 6.32. The van der Waals surface area contributed by atoms with Crippen molar-refractivity contribution in [3.63, 3.8) is 0 Å². The van der Waals surface area contributed by atoms with E-state index in [4.69, 9.17) is 14.2 Å². The van der Waals surface area contributed by atoms with E-state index in [-0.39, 0.29) is 18.6 Å². The van der Waals surface area contributed by atoms with Gasteiger partial charge < -0.3 is 30.2 Å². The molecule has 0 fully saturated rings. The molecule has 1 aliphatic rings. The van der Waals surface area contributed by atoms with E-state index in [1.54, 1.807) is 39.0 Å². The molecule has 2 aromatic carbocycles. The van der Waals surface area contributed by atoms with Crippen LogP contribution >= 0.6 is 0 Å². The topological polar surface area (TPSA) is 115 Å². The zero-order valence-electron chi connectivity index (χ0n) is 20.8. The van der Waals surface area contributed by atoms with Crippen molar-refractivity contribution in [2.45, 2.75) is 46.8 Å². The van der Waals surface area contributed by atoms with Crippen LogP contribution in [0.3, 0.4) is 0 Å². The molecule has 3 amide bonds. The molecule has 0 aliphatic carbocycles. The zero-order chi connectivity index (χ0) is 25.7. The molecule has 0 saturated heterocycles. The number of carbonyl (C=O) groups excluding carboxylic acids is 3. The number of benzene rings is 2. The molecule has 1 atom stereocenters. The molecule has 0 aromatic heterocycles. The largest absolute Gasteiger partial charge is 0.493 e. The van der Waals surface area contributed by atoms with Crippen LogP contribution in [0, 0.1) is 13.8 Å². The van der Waals surface area contributed by atoms with Gasteiger partial charge in [0.05, 0.1) is 24.8 Å². The Balaban J connectivity index is 1.78. The van der Waals surface area contributed by atoms with E-state index in [9.17, 15) is 14.4 Å². The van der Waals surface area contributed by atoms with Crippen molar-refractivity contribution >= 4 is 23.6 Å². The number of esters is 1. The molecule has 9 nitrogen and oxygen atoms in total. The van der Waals surface area contributed by atoms with Crippen LogP contribution in [0.25, 0.3) is 0 Å². The van der Waals surface area contributed by atoms with Crippen molar-refractivity contribution in [3.05, 3.63) is 64.4 Å². The van der Waals surface area contributed by atoms with E-state index in [0.29, 0.717) is 28.3 Å². The fraction of sp³-hybridized carbons (Fsp3) is 0.346. The summed E-state index contributed by atoms with van der Waals surface area (Å²) in [6.07, 6.45) is -0.318. The lowest BCUT2D eigenvalue weighted by Gasteiger charge is -2.29. The first-order valence-electron chi connectivity index (χ1n) is 11.3. The number of nitrogens with one attached hydrogen (secondary N) is 3. The van der Waals surface area contributed by atoms with Gasteiger partial charge >= 0.3 is 12.0 Å². The lowest BCUT2D eigenvalue weighted by Crippen LogP contribution is -2.45. The van der Waals surface area contributed by atoms with E-state index >= 15 is 0 Å². The van der Waals surface area contributed by atoms with Gasteiger partial charge in [-0.05, 0) is 63.9 Å². The first-order chi connectivity index (χ1) is 16.6. The molecule has 0 bridgehead atoms. The predicted octanol–water partition coefficient (Wildman–Crippen LogP) is 3.91. The Hall–Kier alpha value is -4.01. The van der Waals surface area contributed by atoms with Gasteiger partial charge in [0.15, 0.2) is 18.1 Å². The summed E-state index contributed by atoms with van der Waals surface area (Å²) in [5.74, 6) is -0.147. The van der Waals surface area contributed by atoms with E-state index in [1.165, 1.54) is 7.11 Å². The fourth-order valence-electron chi connectivity index (χ4n) is 3.76. The molecule has 0 spiro atoms. The molecule has 1 unspecified atom stereocenters. The minimum atomic E-state index is -0.745. The highest BCUT2D eigenvalue weighted by Gasteiger charge is 2.33. The third-order valence-corrected chi connectivity index (χ3v) is 5.37. The number of methoxy groups -OCH3 is 1. The average Bonchev–Trinajstić information content (AvgIpc) is 2.78. The maximum atomic E-state index is 12.7. The molecule has 1 heterocycles. The molecular formula is C26H31N3O6. The third-order valence-electron chi connectivity index (χ3n) is 5.37. The van der Waals surface area contributed by atoms with Crippen molar-refractivity contribution in [3.8, 4) is 11.5 Å². The predicted molar refractivity (Wildman–Crippen MR) is 131 cm³/mol. The second kappa shape index (κ2) is 10.9. The first kappa shape index (κ1) is 25.6. The normalized spacial score (nSPS) is 15.3. The number of anilines is 1. The first-order valence-corrected chi connectivity index (χ1v) is 11.3. The van der Waals surface area contributed by atoms with E-state index in [1.807, 2.05) is 32.0 Å². The Labute approximate surface area is 204 Å². The molecule has 3 N–H and O–H groups in total. The number of urea groups is 1. The van der Waals surface area contributed by atoms with E-state index in [2.05, 4.69) is 16.0 Å². The highest BCUT2D eigenvalue weighted by molar-refractivity contribution is 5.95. The molecule has 2 aromatic rings. The Morgan fingerprint density at radius 2 is 1.80 bits per heavy atom. The summed E-state index contributed by atoms with van der Waals surface area (Å²) in [5.41, 5.74) is 4.08. The van der Waals surface area contributed by atoms with Gasteiger partial charge in [0.1, 0.15) is 0 Å². The van der Waals surface area contributed by atoms with Crippen molar-refractivity contribution < 1.29 is 28.6 Å². The van der Waals surface area contributed by atoms with Gasteiger partial charge in [-0.2, -0.15) is 0 Å². The molecular weight excluding hydrogens is 450 g/mol. The average molecular weight is 482 g/mol. The molecule has 1 aliphatic heterocycles. The summed E-state index contributed by atoms with van der Waals surface area (Å²) >= 11 is 0. The zero-order valence-corrected chi connectivity index (χ0v) is 20.8. The number of aryl methyl sites for hydroxylation is 2. The Morgan fingerprint density at radius 3 is 2.46 bits per heavy atom. The Kier molecular flexibility index (Phi) is 8.01. The van der Waals surface area contributed by atoms with Crippen molar-refractivity contribution in [1.82, 2.24) is 10.6 Å². The second-order valence-electron chi connectivity index (χ2n) is 8.59. The van der Waals surface area contributed by atoms with E-state index in [0.717, 1.165) is 16.8 Å². The highest BCUT2D eigenvalue weighted by atomic mass is 16.5. The van der Waals surface area contributed by atoms with Gasteiger partial charge in [-0.1, -0.05) is 23.8 Å². The van der Waals surface area contributed by atoms with Crippen molar-refractivity contribution in [2.75, 3.05) is 19.0 Å². The molecule has 35 heavy (non-hydrogen) atoms. The maximum absolute atomic E-state index is 12.7. The summed E-state index contributed by atoms with van der Waals surface area (Å²) in [7, 11) is 1.47. The molecule has 0 saturated carbocycles. The number of rotatable bonds is 8. The maximum Gasteiger partial charge on any atom is 0.338 e. The minimum Gasteiger partial charge on any atom is -0.493 e. The number of hydrogen-bond acceptors (Lipinski definition) is 6. The number of allylic oxidation sites excluding steroid dienone is 1. The standard InChI is InChI=1S/C26H31N3O6/c1-14(2)35-25(31)23-17(5)27-26(32)29-24(23)18-8-10-20(21(12-18)33-6)34-13-22(30)28-19-9-7-15(3)11-16(19)4/h7-12,14,24H,13H2,1-6H3,(H,28,30)(H2,27,29,32). The SMILES string of the molecule is COc1cc(C2NC(=O)NC(C)=C2C(=O)OC(C)C)ccc1OCC(=O)Nc1ccc(C)cc1C. The molecule has 0 radical (unpaired) electrons. The molecule has 3 rings (SSSR count). The molecule has 9 heteroatoms. The summed E-state index contributed by atoms with van der Waals surface area (Å²) < 4.78 is 16.5. The minimum absolute atomic E-state index is 0.224. The summed E-state index contributed by atoms with van der Waals surface area (Å²) in [5, 5.41) is 8.20. The van der Waals surface area contributed by atoms with Crippen LogP contribution < -0.4 is 25.4 Å². The lowest BCUT2D eigenvalue weighted by molar-refractivity contribution is -0.143. The quantitative estimate of drug-likeness (QED) is 0.493. The van der Waals surface area contributed by atoms with Crippen LogP contribution in [-0.2, 0) is 14.3 Å². The van der Waals surface area contributed by atoms with E-state index < -0.39 is 18.0 Å². The summed E-state index contributed by atoms with van der Waals surface area (Å²) in [6.45, 7) is 8.84.